The van der Waals surface area contributed by atoms with Crippen LogP contribution in [0.2, 0.25) is 0 Å². The van der Waals surface area contributed by atoms with Crippen LogP contribution < -0.4 is 10.0 Å². The summed E-state index contributed by atoms with van der Waals surface area (Å²) in [4.78, 5) is 11.1. The van der Waals surface area contributed by atoms with Crippen LogP contribution in [0.3, 0.4) is 0 Å². The van der Waals surface area contributed by atoms with Gasteiger partial charge in [-0.1, -0.05) is 0 Å². The largest absolute Gasteiger partial charge is 0.388 e. The summed E-state index contributed by atoms with van der Waals surface area (Å²) in [6.07, 6.45) is 1.84. The average Bonchev–Trinajstić information content (AvgIpc) is 2.35. The molecule has 1 rings (SSSR count). The maximum atomic E-state index is 12.3. The second-order valence-electron chi connectivity index (χ2n) is 5.42. The van der Waals surface area contributed by atoms with Crippen molar-refractivity contribution in [3.05, 3.63) is 23.8 Å². The number of amides is 1. The van der Waals surface area contributed by atoms with Gasteiger partial charge < -0.3 is 10.4 Å². The van der Waals surface area contributed by atoms with Gasteiger partial charge in [-0.3, -0.25) is 4.79 Å². The number of sulfonamides is 1. The van der Waals surface area contributed by atoms with Crippen LogP contribution in [0.1, 0.15) is 19.4 Å². The lowest BCUT2D eigenvalue weighted by Crippen LogP contribution is -2.42. The lowest BCUT2D eigenvalue weighted by atomic mass is 10.1. The summed E-state index contributed by atoms with van der Waals surface area (Å²) >= 11 is 1.44. The fourth-order valence-corrected chi connectivity index (χ4v) is 4.03. The topological polar surface area (TPSA) is 95.5 Å². The number of hydrogen-bond acceptors (Lipinski definition) is 5. The fourth-order valence-electron chi connectivity index (χ4n) is 1.92. The first-order chi connectivity index (χ1) is 10.1. The number of thioether (sulfide) groups is 1. The Kier molecular flexibility index (Phi) is 6.42. The molecule has 1 aromatic rings. The van der Waals surface area contributed by atoms with Crippen LogP contribution in [-0.2, 0) is 14.8 Å². The van der Waals surface area contributed by atoms with Gasteiger partial charge in [-0.15, -0.1) is 0 Å². The van der Waals surface area contributed by atoms with Gasteiger partial charge in [0.25, 0.3) is 0 Å². The zero-order chi connectivity index (χ0) is 17.0. The second-order valence-corrected chi connectivity index (χ2v) is 8.02. The average molecular weight is 346 g/mol. The lowest BCUT2D eigenvalue weighted by molar-refractivity contribution is -0.114. The minimum absolute atomic E-state index is 0.0664. The van der Waals surface area contributed by atoms with Crippen molar-refractivity contribution in [2.45, 2.75) is 31.3 Å². The van der Waals surface area contributed by atoms with Gasteiger partial charge in [0.05, 0.1) is 10.5 Å². The van der Waals surface area contributed by atoms with Crippen molar-refractivity contribution >= 4 is 33.4 Å². The van der Waals surface area contributed by atoms with Gasteiger partial charge in [0.1, 0.15) is 0 Å². The summed E-state index contributed by atoms with van der Waals surface area (Å²) in [5, 5.41) is 12.6. The first-order valence-electron chi connectivity index (χ1n) is 6.66. The van der Waals surface area contributed by atoms with Gasteiger partial charge >= 0.3 is 0 Å². The molecule has 0 aliphatic rings. The highest BCUT2D eigenvalue weighted by Crippen LogP contribution is 2.20. The van der Waals surface area contributed by atoms with Gasteiger partial charge in [0, 0.05) is 24.9 Å². The molecule has 0 heterocycles. The number of aliphatic hydroxyl groups is 1. The Labute approximate surface area is 135 Å². The molecule has 0 aliphatic carbocycles. The van der Waals surface area contributed by atoms with Crippen molar-refractivity contribution in [1.82, 2.24) is 4.72 Å². The molecule has 8 heteroatoms. The van der Waals surface area contributed by atoms with Crippen LogP contribution in [0.25, 0.3) is 0 Å². The molecule has 3 N–H and O–H groups in total. The predicted octanol–water partition coefficient (Wildman–Crippen LogP) is 1.35. The van der Waals surface area contributed by atoms with E-state index < -0.39 is 15.6 Å². The molecule has 0 saturated carbocycles. The van der Waals surface area contributed by atoms with Crippen molar-refractivity contribution in [1.29, 1.82) is 0 Å². The number of benzene rings is 1. The molecule has 124 valence electrons. The molecule has 1 unspecified atom stereocenters. The number of carbonyl (C=O) groups is 1. The normalized spacial score (nSPS) is 14.4. The molecule has 0 aliphatic heterocycles. The van der Waals surface area contributed by atoms with Crippen LogP contribution in [0.5, 0.6) is 0 Å². The van der Waals surface area contributed by atoms with Crippen LogP contribution in [0.15, 0.2) is 23.1 Å². The summed E-state index contributed by atoms with van der Waals surface area (Å²) in [7, 11) is -3.72. The summed E-state index contributed by atoms with van der Waals surface area (Å²) < 4.78 is 27.1. The van der Waals surface area contributed by atoms with E-state index in [1.807, 2.05) is 6.26 Å². The molecule has 0 radical (unpaired) electrons. The second kappa shape index (κ2) is 7.45. The van der Waals surface area contributed by atoms with Gasteiger partial charge in [0.2, 0.25) is 15.9 Å². The van der Waals surface area contributed by atoms with E-state index in [2.05, 4.69) is 10.0 Å². The quantitative estimate of drug-likeness (QED) is 0.692. The molecule has 1 amide bonds. The van der Waals surface area contributed by atoms with Crippen molar-refractivity contribution in [3.63, 3.8) is 0 Å². The van der Waals surface area contributed by atoms with Crippen LogP contribution in [0.4, 0.5) is 5.69 Å². The summed E-state index contributed by atoms with van der Waals surface area (Å²) in [5.41, 5.74) is -0.0575. The molecule has 1 aromatic carbocycles. The number of anilines is 1. The molecule has 0 bridgehead atoms. The van der Waals surface area contributed by atoms with Crippen molar-refractivity contribution in [2.75, 3.05) is 23.9 Å². The Hall–Kier alpha value is -1.09. The van der Waals surface area contributed by atoms with E-state index in [4.69, 9.17) is 0 Å². The molecule has 0 aromatic heterocycles. The Morgan fingerprint density at radius 3 is 2.55 bits per heavy atom. The first-order valence-corrected chi connectivity index (χ1v) is 9.54. The third-order valence-electron chi connectivity index (χ3n) is 2.88. The van der Waals surface area contributed by atoms with Crippen molar-refractivity contribution in [3.8, 4) is 0 Å². The SMILES string of the molecule is CSCC(C)(O)CNS(=O)(=O)c1ccc(NC(C)=O)cc1C. The van der Waals surface area contributed by atoms with E-state index >= 15 is 0 Å². The molecule has 0 saturated heterocycles. The molecule has 22 heavy (non-hydrogen) atoms. The van der Waals surface area contributed by atoms with Gasteiger partial charge in [-0.25, -0.2) is 13.1 Å². The fraction of sp³-hybridized carbons (Fsp3) is 0.500. The Bertz CT molecular complexity index is 642. The van der Waals surface area contributed by atoms with E-state index in [0.29, 0.717) is 17.0 Å². The minimum Gasteiger partial charge on any atom is -0.388 e. The molecule has 0 fully saturated rings. The van der Waals surface area contributed by atoms with Gasteiger partial charge in [-0.05, 0) is 43.9 Å². The number of carbonyl (C=O) groups excluding carboxylic acids is 1. The van der Waals surface area contributed by atoms with Crippen LogP contribution >= 0.6 is 11.8 Å². The van der Waals surface area contributed by atoms with E-state index in [1.165, 1.54) is 30.8 Å². The third-order valence-corrected chi connectivity index (χ3v) is 5.36. The zero-order valence-corrected chi connectivity index (χ0v) is 14.8. The number of hydrogen-bond donors (Lipinski definition) is 3. The van der Waals surface area contributed by atoms with Crippen LogP contribution in [0, 0.1) is 6.92 Å². The van der Waals surface area contributed by atoms with Crippen LogP contribution in [-0.4, -0.2) is 43.6 Å². The first kappa shape index (κ1) is 19.0. The highest BCUT2D eigenvalue weighted by Gasteiger charge is 2.24. The molecule has 6 nitrogen and oxygen atoms in total. The molecule has 1 atom stereocenters. The number of nitrogens with one attached hydrogen (secondary N) is 2. The van der Waals surface area contributed by atoms with Crippen molar-refractivity contribution < 1.29 is 18.3 Å². The minimum atomic E-state index is -3.72. The highest BCUT2D eigenvalue weighted by molar-refractivity contribution is 7.98. The smallest absolute Gasteiger partial charge is 0.240 e. The standard InChI is InChI=1S/C14H22N2O4S2/c1-10-7-12(16-11(2)17)5-6-13(10)22(19,20)15-8-14(3,18)9-21-4/h5-7,15,18H,8-9H2,1-4H3,(H,16,17). The predicted molar refractivity (Wildman–Crippen MR) is 89.7 cm³/mol. The molecule has 0 spiro atoms. The van der Waals surface area contributed by atoms with Crippen molar-refractivity contribution in [2.24, 2.45) is 0 Å². The maximum absolute atomic E-state index is 12.3. The van der Waals surface area contributed by atoms with Gasteiger partial charge in [0.15, 0.2) is 0 Å². The van der Waals surface area contributed by atoms with E-state index in [-0.39, 0.29) is 17.3 Å². The summed E-state index contributed by atoms with van der Waals surface area (Å²) in [5.74, 6) is 0.205. The monoisotopic (exact) mass is 346 g/mol. The Morgan fingerprint density at radius 2 is 2.05 bits per heavy atom. The molecular weight excluding hydrogens is 324 g/mol. The number of aryl methyl sites for hydroxylation is 1. The summed E-state index contributed by atoms with van der Waals surface area (Å²) in [6.45, 7) is 4.55. The zero-order valence-electron chi connectivity index (χ0n) is 13.1. The van der Waals surface area contributed by atoms with E-state index in [9.17, 15) is 18.3 Å². The Morgan fingerprint density at radius 1 is 1.41 bits per heavy atom. The third kappa shape index (κ3) is 5.60. The summed E-state index contributed by atoms with van der Waals surface area (Å²) in [6, 6.07) is 4.56. The van der Waals surface area contributed by atoms with Gasteiger partial charge in [-0.2, -0.15) is 11.8 Å². The number of rotatable bonds is 7. The Balaban J connectivity index is 2.92. The maximum Gasteiger partial charge on any atom is 0.240 e. The van der Waals surface area contributed by atoms with E-state index in [0.717, 1.165) is 0 Å². The lowest BCUT2D eigenvalue weighted by Gasteiger charge is -2.22. The highest BCUT2D eigenvalue weighted by atomic mass is 32.2. The van der Waals surface area contributed by atoms with E-state index in [1.54, 1.807) is 19.9 Å². The molecular formula is C14H22N2O4S2.